The first-order chi connectivity index (χ1) is 14.2. The third-order valence-electron chi connectivity index (χ3n) is 6.78. The van der Waals surface area contributed by atoms with Gasteiger partial charge in [0.1, 0.15) is 0 Å². The Balaban J connectivity index is 1.61. The van der Waals surface area contributed by atoms with E-state index in [1.807, 2.05) is 0 Å². The third-order valence-corrected chi connectivity index (χ3v) is 9.82. The van der Waals surface area contributed by atoms with Gasteiger partial charge in [0, 0.05) is 20.8 Å². The molecule has 0 aliphatic heterocycles. The van der Waals surface area contributed by atoms with Crippen LogP contribution in [0.25, 0.3) is 17.2 Å². The molecule has 0 heterocycles. The Morgan fingerprint density at radius 2 is 1.37 bits per heavy atom. The molecular weight excluding hydrogens is 512 g/mol. The van der Waals surface area contributed by atoms with Crippen molar-refractivity contribution >= 4 is 51.2 Å². The number of halogens is 2. The molecule has 0 bridgehead atoms. The van der Waals surface area contributed by atoms with Crippen LogP contribution in [0.3, 0.4) is 0 Å². The highest BCUT2D eigenvalue weighted by Gasteiger charge is 2.35. The van der Waals surface area contributed by atoms with Crippen molar-refractivity contribution in [1.82, 2.24) is 0 Å². The molecule has 0 radical (unpaired) electrons. The van der Waals surface area contributed by atoms with Crippen molar-refractivity contribution < 1.29 is 0 Å². The predicted molar refractivity (Wildman–Crippen MR) is 140 cm³/mol. The maximum Gasteiger partial charge on any atom is 0.0783 e. The summed E-state index contributed by atoms with van der Waals surface area (Å²) >= 11 is 7.43. The summed E-state index contributed by atoms with van der Waals surface area (Å²) < 4.78 is 2.33. The summed E-state index contributed by atoms with van der Waals surface area (Å²) in [7, 11) is -1.38. The zero-order valence-electron chi connectivity index (χ0n) is 17.9. The van der Waals surface area contributed by atoms with Crippen molar-refractivity contribution in [3.05, 3.63) is 91.4 Å². The lowest BCUT2D eigenvalue weighted by molar-refractivity contribution is 0.652. The fourth-order valence-corrected chi connectivity index (χ4v) is 7.76. The van der Waals surface area contributed by atoms with Gasteiger partial charge in [-0.15, -0.1) is 0 Å². The lowest BCUT2D eigenvalue weighted by Crippen LogP contribution is -2.39. The zero-order valence-corrected chi connectivity index (χ0v) is 22.1. The van der Waals surface area contributed by atoms with Crippen LogP contribution in [0.15, 0.2) is 69.1 Å². The molecule has 3 aromatic carbocycles. The smallest absolute Gasteiger partial charge is 0.0656 e. The molecule has 0 saturated carbocycles. The van der Waals surface area contributed by atoms with E-state index in [1.54, 1.807) is 5.19 Å². The van der Waals surface area contributed by atoms with Crippen LogP contribution in [0, 0.1) is 0 Å². The normalized spacial score (nSPS) is 17.5. The molecule has 1 atom stereocenters. The molecule has 0 N–H and O–H groups in total. The van der Waals surface area contributed by atoms with Gasteiger partial charge in [0.25, 0.3) is 0 Å². The number of fused-ring (bicyclic) bond motifs is 4. The lowest BCUT2D eigenvalue weighted by Gasteiger charge is -2.24. The standard InChI is InChI=1S/C27H26Br2Si/c1-16-12-26-19(6-5-7-27(26)30(2,3)4)22(16)15-25-23-13-17(28)8-10-20(23)21-11-9-18(29)14-24(21)25/h5-14,22,25H,15H2,1-4H3. The van der Waals surface area contributed by atoms with E-state index in [1.165, 1.54) is 47.9 Å². The van der Waals surface area contributed by atoms with Gasteiger partial charge in [-0.1, -0.05) is 98.7 Å². The summed E-state index contributed by atoms with van der Waals surface area (Å²) in [5.41, 5.74) is 10.3. The van der Waals surface area contributed by atoms with Crippen LogP contribution in [0.4, 0.5) is 0 Å². The van der Waals surface area contributed by atoms with Gasteiger partial charge >= 0.3 is 0 Å². The Morgan fingerprint density at radius 3 is 1.93 bits per heavy atom. The maximum atomic E-state index is 3.72. The minimum Gasteiger partial charge on any atom is -0.0656 e. The molecule has 0 amide bonds. The van der Waals surface area contributed by atoms with Crippen molar-refractivity contribution in [3.63, 3.8) is 0 Å². The quantitative estimate of drug-likeness (QED) is 0.294. The molecule has 3 aromatic rings. The van der Waals surface area contributed by atoms with Gasteiger partial charge < -0.3 is 0 Å². The molecule has 0 nitrogen and oxygen atoms in total. The van der Waals surface area contributed by atoms with Crippen LogP contribution in [-0.4, -0.2) is 8.07 Å². The first-order valence-corrected chi connectivity index (χ1v) is 15.7. The van der Waals surface area contributed by atoms with E-state index in [0.717, 1.165) is 6.42 Å². The predicted octanol–water partition coefficient (Wildman–Crippen LogP) is 8.46. The fraction of sp³-hybridized carbons (Fsp3) is 0.259. The molecule has 3 heteroatoms. The van der Waals surface area contributed by atoms with Gasteiger partial charge in [0.2, 0.25) is 0 Å². The van der Waals surface area contributed by atoms with Crippen LogP contribution >= 0.6 is 31.9 Å². The Labute approximate surface area is 197 Å². The Kier molecular flexibility index (Phi) is 5.00. The average molecular weight is 538 g/mol. The summed E-state index contributed by atoms with van der Waals surface area (Å²) in [4.78, 5) is 0. The van der Waals surface area contributed by atoms with Gasteiger partial charge in [0.15, 0.2) is 0 Å². The minimum absolute atomic E-state index is 0.417. The van der Waals surface area contributed by atoms with Gasteiger partial charge in [-0.3, -0.25) is 0 Å². The van der Waals surface area contributed by atoms with Crippen LogP contribution in [0.2, 0.25) is 19.6 Å². The molecule has 0 spiro atoms. The summed E-state index contributed by atoms with van der Waals surface area (Å²) in [6.07, 6.45) is 3.60. The topological polar surface area (TPSA) is 0 Å². The number of hydrogen-bond donors (Lipinski definition) is 0. The Hall–Kier alpha value is -1.42. The van der Waals surface area contributed by atoms with E-state index in [0.29, 0.717) is 11.8 Å². The molecule has 5 rings (SSSR count). The van der Waals surface area contributed by atoms with Gasteiger partial charge in [-0.05, 0) is 71.0 Å². The number of benzene rings is 3. The third kappa shape index (κ3) is 3.30. The number of allylic oxidation sites excluding steroid dienone is 1. The van der Waals surface area contributed by atoms with Gasteiger partial charge in [-0.2, -0.15) is 0 Å². The summed E-state index contributed by atoms with van der Waals surface area (Å²) in [6, 6.07) is 20.6. The Bertz CT molecular complexity index is 1150. The zero-order chi connectivity index (χ0) is 21.2. The van der Waals surface area contributed by atoms with Crippen LogP contribution in [0.5, 0.6) is 0 Å². The van der Waals surface area contributed by atoms with Crippen LogP contribution in [-0.2, 0) is 0 Å². The van der Waals surface area contributed by atoms with Crippen LogP contribution < -0.4 is 5.19 Å². The summed E-state index contributed by atoms with van der Waals surface area (Å²) in [5, 5.41) is 1.60. The van der Waals surface area contributed by atoms with Gasteiger partial charge in [0.05, 0.1) is 8.07 Å². The van der Waals surface area contributed by atoms with E-state index >= 15 is 0 Å². The average Bonchev–Trinajstić information content (AvgIpc) is 3.15. The van der Waals surface area contributed by atoms with Crippen molar-refractivity contribution in [2.24, 2.45) is 0 Å². The molecule has 30 heavy (non-hydrogen) atoms. The highest BCUT2D eigenvalue weighted by molar-refractivity contribution is 9.10. The molecule has 1 unspecified atom stereocenters. The van der Waals surface area contributed by atoms with E-state index < -0.39 is 8.07 Å². The summed E-state index contributed by atoms with van der Waals surface area (Å²) in [5.74, 6) is 0.901. The second kappa shape index (κ2) is 7.32. The van der Waals surface area contributed by atoms with E-state index in [4.69, 9.17) is 0 Å². The van der Waals surface area contributed by atoms with E-state index in [2.05, 4.69) is 119 Å². The largest absolute Gasteiger partial charge is 0.0783 e. The van der Waals surface area contributed by atoms with E-state index in [-0.39, 0.29) is 0 Å². The highest BCUT2D eigenvalue weighted by Crippen LogP contribution is 2.52. The fourth-order valence-electron chi connectivity index (χ4n) is 5.38. The van der Waals surface area contributed by atoms with Gasteiger partial charge in [-0.25, -0.2) is 0 Å². The van der Waals surface area contributed by atoms with Crippen molar-refractivity contribution in [3.8, 4) is 11.1 Å². The Morgan fingerprint density at radius 1 is 0.767 bits per heavy atom. The first-order valence-electron chi connectivity index (χ1n) is 10.6. The molecule has 2 aliphatic rings. The lowest BCUT2D eigenvalue weighted by atomic mass is 9.82. The van der Waals surface area contributed by atoms with Crippen molar-refractivity contribution in [1.29, 1.82) is 0 Å². The minimum atomic E-state index is -1.38. The van der Waals surface area contributed by atoms with E-state index in [9.17, 15) is 0 Å². The van der Waals surface area contributed by atoms with Crippen LogP contribution in [0.1, 0.15) is 47.4 Å². The molecule has 0 fully saturated rings. The molecular formula is C27H26Br2Si. The molecule has 0 aromatic heterocycles. The highest BCUT2D eigenvalue weighted by atomic mass is 79.9. The first kappa shape index (κ1) is 20.5. The number of hydrogen-bond acceptors (Lipinski definition) is 0. The molecule has 152 valence electrons. The number of rotatable bonds is 3. The van der Waals surface area contributed by atoms with Crippen molar-refractivity contribution in [2.75, 3.05) is 0 Å². The maximum absolute atomic E-state index is 3.72. The second-order valence-electron chi connectivity index (χ2n) is 9.75. The molecule has 0 saturated heterocycles. The monoisotopic (exact) mass is 536 g/mol. The summed E-state index contributed by atoms with van der Waals surface area (Å²) in [6.45, 7) is 9.70. The molecule has 2 aliphatic carbocycles. The van der Waals surface area contributed by atoms with Crippen molar-refractivity contribution in [2.45, 2.75) is 44.8 Å². The second-order valence-corrected chi connectivity index (χ2v) is 16.6. The SMILES string of the molecule is CC1=Cc2c(cccc2[Si](C)(C)C)C1CC1c2cc(Br)ccc2-c2ccc(Br)cc21.